The second kappa shape index (κ2) is 3.96. The number of carbonyl (C=O) groups is 1. The van der Waals surface area contributed by atoms with Crippen molar-refractivity contribution < 1.29 is 4.79 Å². The van der Waals surface area contributed by atoms with Crippen LogP contribution in [0.5, 0.6) is 0 Å². The van der Waals surface area contributed by atoms with E-state index in [1.165, 1.54) is 32.1 Å². The first kappa shape index (κ1) is 11.3. The van der Waals surface area contributed by atoms with E-state index in [9.17, 15) is 4.79 Å². The van der Waals surface area contributed by atoms with Gasteiger partial charge in [-0.25, -0.2) is 0 Å². The molecule has 5 atom stereocenters. The fraction of sp³-hybridized carbons (Fsp3) is 0.933. The van der Waals surface area contributed by atoms with Crippen molar-refractivity contribution in [3.63, 3.8) is 0 Å². The Morgan fingerprint density at radius 2 is 1.67 bits per heavy atom. The van der Waals surface area contributed by atoms with Crippen LogP contribution in [0.3, 0.4) is 0 Å². The van der Waals surface area contributed by atoms with Crippen molar-refractivity contribution in [2.75, 3.05) is 13.1 Å². The first-order chi connectivity index (χ1) is 8.75. The minimum absolute atomic E-state index is 0.347. The maximum absolute atomic E-state index is 12.6. The van der Waals surface area contributed by atoms with Crippen molar-refractivity contribution >= 4 is 5.91 Å². The molecule has 0 aromatic rings. The van der Waals surface area contributed by atoms with Crippen molar-refractivity contribution in [1.82, 2.24) is 4.90 Å². The summed E-state index contributed by atoms with van der Waals surface area (Å²) in [5.74, 6) is 3.71. The lowest BCUT2D eigenvalue weighted by molar-refractivity contribution is -0.132. The van der Waals surface area contributed by atoms with E-state index < -0.39 is 0 Å². The molecule has 0 aromatic carbocycles. The Morgan fingerprint density at radius 1 is 0.944 bits per heavy atom. The van der Waals surface area contributed by atoms with Crippen molar-refractivity contribution in [1.29, 1.82) is 0 Å². The van der Waals surface area contributed by atoms with Crippen LogP contribution in [0, 0.1) is 29.6 Å². The van der Waals surface area contributed by atoms with Crippen molar-refractivity contribution in [2.24, 2.45) is 35.3 Å². The lowest BCUT2D eigenvalue weighted by atomic mass is 9.78. The van der Waals surface area contributed by atoms with Gasteiger partial charge in [-0.15, -0.1) is 0 Å². The SMILES string of the molecule is NC1CCCC2CN(C(=O)C3C4CCCC43)CC12. The summed E-state index contributed by atoms with van der Waals surface area (Å²) >= 11 is 0. The summed E-state index contributed by atoms with van der Waals surface area (Å²) in [6, 6.07) is 0.347. The van der Waals surface area contributed by atoms with Crippen LogP contribution in [-0.2, 0) is 4.79 Å². The third kappa shape index (κ3) is 1.56. The van der Waals surface area contributed by atoms with Gasteiger partial charge >= 0.3 is 0 Å². The molecular weight excluding hydrogens is 224 g/mol. The van der Waals surface area contributed by atoms with Crippen LogP contribution >= 0.6 is 0 Å². The highest BCUT2D eigenvalue weighted by atomic mass is 16.2. The Hall–Kier alpha value is -0.570. The normalized spacial score (nSPS) is 49.9. The lowest BCUT2D eigenvalue weighted by Gasteiger charge is -2.29. The fourth-order valence-corrected chi connectivity index (χ4v) is 5.10. The molecule has 3 saturated carbocycles. The Kier molecular flexibility index (Phi) is 2.48. The molecule has 2 N–H and O–H groups in total. The monoisotopic (exact) mass is 248 g/mol. The number of likely N-dealkylation sites (tertiary alicyclic amines) is 1. The maximum Gasteiger partial charge on any atom is 0.226 e. The van der Waals surface area contributed by atoms with Gasteiger partial charge in [0.25, 0.3) is 0 Å². The number of amides is 1. The van der Waals surface area contributed by atoms with Gasteiger partial charge in [-0.2, -0.15) is 0 Å². The van der Waals surface area contributed by atoms with Crippen LogP contribution in [0.4, 0.5) is 0 Å². The fourth-order valence-electron chi connectivity index (χ4n) is 5.10. The molecule has 18 heavy (non-hydrogen) atoms. The molecule has 1 heterocycles. The van der Waals surface area contributed by atoms with E-state index in [0.717, 1.165) is 31.3 Å². The largest absolute Gasteiger partial charge is 0.342 e. The number of fused-ring (bicyclic) bond motifs is 2. The molecule has 4 fully saturated rings. The van der Waals surface area contributed by atoms with E-state index in [2.05, 4.69) is 4.90 Å². The number of nitrogens with two attached hydrogens (primary N) is 1. The molecule has 3 nitrogen and oxygen atoms in total. The molecule has 3 aliphatic carbocycles. The standard InChI is InChI=1S/C15H24N2O/c16-13-6-1-3-9-7-17(8-12(9)13)15(18)14-10-4-2-5-11(10)14/h9-14H,1-8,16H2. The molecular formula is C15H24N2O. The summed E-state index contributed by atoms with van der Waals surface area (Å²) in [6.07, 6.45) is 7.69. The average Bonchev–Trinajstić information content (AvgIpc) is 2.79. The van der Waals surface area contributed by atoms with E-state index in [4.69, 9.17) is 5.73 Å². The number of nitrogens with zero attached hydrogens (tertiary/aromatic N) is 1. The van der Waals surface area contributed by atoms with Gasteiger partial charge < -0.3 is 10.6 Å². The molecule has 0 radical (unpaired) electrons. The van der Waals surface area contributed by atoms with Gasteiger partial charge in [-0.3, -0.25) is 4.79 Å². The lowest BCUT2D eigenvalue weighted by Crippen LogP contribution is -2.38. The number of rotatable bonds is 1. The maximum atomic E-state index is 12.6. The van der Waals surface area contributed by atoms with Crippen LogP contribution in [0.25, 0.3) is 0 Å². The van der Waals surface area contributed by atoms with Crippen LogP contribution < -0.4 is 5.73 Å². The zero-order chi connectivity index (χ0) is 12.3. The zero-order valence-electron chi connectivity index (χ0n) is 11.1. The third-order valence-corrected chi connectivity index (χ3v) is 6.16. The summed E-state index contributed by atoms with van der Waals surface area (Å²) < 4.78 is 0. The summed E-state index contributed by atoms with van der Waals surface area (Å²) in [7, 11) is 0. The summed E-state index contributed by atoms with van der Waals surface area (Å²) in [4.78, 5) is 14.7. The highest BCUT2D eigenvalue weighted by molar-refractivity contribution is 5.83. The van der Waals surface area contributed by atoms with E-state index in [0.29, 0.717) is 29.7 Å². The van der Waals surface area contributed by atoms with Crippen LogP contribution in [0.1, 0.15) is 38.5 Å². The Morgan fingerprint density at radius 3 is 2.39 bits per heavy atom. The molecule has 0 bridgehead atoms. The van der Waals surface area contributed by atoms with Crippen LogP contribution in [0.15, 0.2) is 0 Å². The molecule has 4 rings (SSSR count). The van der Waals surface area contributed by atoms with Gasteiger partial charge in [0.2, 0.25) is 5.91 Å². The smallest absolute Gasteiger partial charge is 0.226 e. The topological polar surface area (TPSA) is 46.3 Å². The van der Waals surface area contributed by atoms with Crippen molar-refractivity contribution in [2.45, 2.75) is 44.6 Å². The van der Waals surface area contributed by atoms with Gasteiger partial charge in [0.15, 0.2) is 0 Å². The Balaban J connectivity index is 1.43. The van der Waals surface area contributed by atoms with E-state index in [-0.39, 0.29) is 0 Å². The first-order valence-corrected chi connectivity index (χ1v) is 7.80. The summed E-state index contributed by atoms with van der Waals surface area (Å²) in [5.41, 5.74) is 6.23. The molecule has 5 unspecified atom stereocenters. The zero-order valence-corrected chi connectivity index (χ0v) is 11.1. The number of carbonyl (C=O) groups excluding carboxylic acids is 1. The second-order valence-corrected chi connectivity index (χ2v) is 7.05. The first-order valence-electron chi connectivity index (χ1n) is 7.80. The summed E-state index contributed by atoms with van der Waals surface area (Å²) in [5, 5.41) is 0. The predicted molar refractivity (Wildman–Crippen MR) is 69.7 cm³/mol. The summed E-state index contributed by atoms with van der Waals surface area (Å²) in [6.45, 7) is 1.97. The van der Waals surface area contributed by atoms with Gasteiger partial charge in [0, 0.05) is 25.0 Å². The minimum Gasteiger partial charge on any atom is -0.342 e. The highest BCUT2D eigenvalue weighted by Gasteiger charge is 2.58. The second-order valence-electron chi connectivity index (χ2n) is 7.05. The van der Waals surface area contributed by atoms with E-state index in [1.807, 2.05) is 0 Å². The van der Waals surface area contributed by atoms with Crippen molar-refractivity contribution in [3.8, 4) is 0 Å². The molecule has 1 saturated heterocycles. The van der Waals surface area contributed by atoms with E-state index >= 15 is 0 Å². The average molecular weight is 248 g/mol. The predicted octanol–water partition coefficient (Wildman–Crippen LogP) is 1.62. The highest BCUT2D eigenvalue weighted by Crippen LogP contribution is 2.58. The Bertz CT molecular complexity index is 360. The van der Waals surface area contributed by atoms with Gasteiger partial charge in [0.05, 0.1) is 0 Å². The quantitative estimate of drug-likeness (QED) is 0.766. The molecule has 0 spiro atoms. The third-order valence-electron chi connectivity index (χ3n) is 6.16. The van der Waals surface area contributed by atoms with Crippen LogP contribution in [0.2, 0.25) is 0 Å². The van der Waals surface area contributed by atoms with E-state index in [1.54, 1.807) is 0 Å². The molecule has 1 amide bonds. The number of hydrogen-bond donors (Lipinski definition) is 1. The molecule has 1 aliphatic heterocycles. The molecule has 4 aliphatic rings. The Labute approximate surface area is 109 Å². The number of hydrogen-bond acceptors (Lipinski definition) is 2. The van der Waals surface area contributed by atoms with Gasteiger partial charge in [-0.1, -0.05) is 12.8 Å². The van der Waals surface area contributed by atoms with Gasteiger partial charge in [-0.05, 0) is 49.4 Å². The molecule has 3 heteroatoms. The van der Waals surface area contributed by atoms with Gasteiger partial charge in [0.1, 0.15) is 0 Å². The molecule has 100 valence electrons. The van der Waals surface area contributed by atoms with Crippen molar-refractivity contribution in [3.05, 3.63) is 0 Å². The molecule has 0 aromatic heterocycles. The minimum atomic E-state index is 0.347. The van der Waals surface area contributed by atoms with Crippen LogP contribution in [-0.4, -0.2) is 29.9 Å².